The average Bonchev–Trinajstić information content (AvgIpc) is 2.70. The quantitative estimate of drug-likeness (QED) is 0.260. The van der Waals surface area contributed by atoms with Gasteiger partial charge in [-0.25, -0.2) is 0 Å². The molecule has 0 atom stereocenters. The zero-order valence-corrected chi connectivity index (χ0v) is 18.9. The Bertz CT molecular complexity index is 825. The van der Waals surface area contributed by atoms with Crippen LogP contribution in [0.3, 0.4) is 0 Å². The van der Waals surface area contributed by atoms with E-state index in [1.807, 2.05) is 0 Å². The molecule has 0 radical (unpaired) electrons. The number of guanidine groups is 1. The van der Waals surface area contributed by atoms with Gasteiger partial charge in [-0.2, -0.15) is 8.78 Å². The van der Waals surface area contributed by atoms with Gasteiger partial charge in [0.25, 0.3) is 0 Å². The van der Waals surface area contributed by atoms with Crippen LogP contribution >= 0.6 is 24.0 Å². The highest BCUT2D eigenvalue weighted by atomic mass is 127. The van der Waals surface area contributed by atoms with Crippen molar-refractivity contribution in [2.45, 2.75) is 20.1 Å². The van der Waals surface area contributed by atoms with E-state index >= 15 is 0 Å². The van der Waals surface area contributed by atoms with Gasteiger partial charge in [0.1, 0.15) is 0 Å². The largest absolute Gasteiger partial charge is 0.490 e. The zero-order chi connectivity index (χ0) is 21.1. The number of ether oxygens (including phenoxy) is 2. The topological polar surface area (TPSA) is 96.9 Å². The number of alkyl halides is 2. The number of para-hydroxylation sites is 1. The Hall–Kier alpha value is -2.70. The van der Waals surface area contributed by atoms with Crippen molar-refractivity contribution in [1.29, 1.82) is 0 Å². The van der Waals surface area contributed by atoms with Gasteiger partial charge in [-0.15, -0.1) is 24.0 Å². The number of nitrogens with zero attached hydrogens (tertiary/aromatic N) is 2. The molecule has 11 heteroatoms. The Morgan fingerprint density at radius 3 is 2.67 bits per heavy atom. The smallest absolute Gasteiger partial charge is 0.387 e. The third-order valence-electron chi connectivity index (χ3n) is 3.60. The van der Waals surface area contributed by atoms with Gasteiger partial charge < -0.3 is 25.4 Å². The van der Waals surface area contributed by atoms with Crippen molar-refractivity contribution in [2.24, 2.45) is 4.99 Å². The van der Waals surface area contributed by atoms with E-state index in [1.165, 1.54) is 13.2 Å². The summed E-state index contributed by atoms with van der Waals surface area (Å²) in [7, 11) is 1.53. The molecule has 0 aliphatic carbocycles. The highest BCUT2D eigenvalue weighted by Gasteiger charge is 2.16. The number of anilines is 1. The Kier molecular flexibility index (Phi) is 11.4. The number of pyridine rings is 1. The first-order chi connectivity index (χ1) is 14.0. The van der Waals surface area contributed by atoms with E-state index in [0.717, 1.165) is 0 Å². The molecule has 8 nitrogen and oxygen atoms in total. The third kappa shape index (κ3) is 8.35. The highest BCUT2D eigenvalue weighted by molar-refractivity contribution is 14.0. The van der Waals surface area contributed by atoms with E-state index in [1.54, 1.807) is 43.5 Å². The number of aromatic nitrogens is 1. The first-order valence-electron chi connectivity index (χ1n) is 8.87. The van der Waals surface area contributed by atoms with Gasteiger partial charge in [-0.05, 0) is 25.1 Å². The standard InChI is InChI=1S/C19H23F2N5O3.HI/c1-3-28-15-8-4-6-13(17(15)29-18(20)21)10-24-19(22-2)25-12-16(27)26-14-7-5-9-23-11-14;/h4-9,11,18H,3,10,12H2,1-2H3,(H,26,27)(H2,22,24,25);1H. The predicted molar refractivity (Wildman–Crippen MR) is 121 cm³/mol. The monoisotopic (exact) mass is 535 g/mol. The van der Waals surface area contributed by atoms with Crippen LogP contribution in [0, 0.1) is 0 Å². The molecule has 0 unspecified atom stereocenters. The van der Waals surface area contributed by atoms with E-state index in [0.29, 0.717) is 23.8 Å². The molecule has 1 aromatic heterocycles. The molecule has 0 saturated carbocycles. The number of nitrogens with one attached hydrogen (secondary N) is 3. The molecule has 1 amide bonds. The number of carbonyl (C=O) groups excluding carboxylic acids is 1. The zero-order valence-electron chi connectivity index (χ0n) is 16.5. The summed E-state index contributed by atoms with van der Waals surface area (Å²) in [5.74, 6) is 0.213. The number of halogens is 3. The Labute approximate surface area is 190 Å². The second kappa shape index (κ2) is 13.5. The van der Waals surface area contributed by atoms with Crippen LogP contribution < -0.4 is 25.4 Å². The summed E-state index contributed by atoms with van der Waals surface area (Å²) >= 11 is 0. The van der Waals surface area contributed by atoms with Gasteiger partial charge in [0.05, 0.1) is 25.0 Å². The van der Waals surface area contributed by atoms with E-state index in [9.17, 15) is 13.6 Å². The number of amides is 1. The van der Waals surface area contributed by atoms with Crippen LogP contribution in [0.25, 0.3) is 0 Å². The molecule has 0 aliphatic heterocycles. The summed E-state index contributed by atoms with van der Waals surface area (Å²) in [6.45, 7) is -0.838. The molecule has 0 saturated heterocycles. The van der Waals surface area contributed by atoms with E-state index < -0.39 is 6.61 Å². The first kappa shape index (κ1) is 25.3. The van der Waals surface area contributed by atoms with Gasteiger partial charge in [0.15, 0.2) is 17.5 Å². The summed E-state index contributed by atoms with van der Waals surface area (Å²) in [4.78, 5) is 19.9. The summed E-state index contributed by atoms with van der Waals surface area (Å²) < 4.78 is 35.6. The lowest BCUT2D eigenvalue weighted by Gasteiger charge is -2.17. The number of hydrogen-bond acceptors (Lipinski definition) is 5. The maximum Gasteiger partial charge on any atom is 0.387 e. The third-order valence-corrected chi connectivity index (χ3v) is 3.60. The van der Waals surface area contributed by atoms with Crippen LogP contribution in [0.2, 0.25) is 0 Å². The lowest BCUT2D eigenvalue weighted by atomic mass is 10.2. The number of hydrogen-bond donors (Lipinski definition) is 3. The molecular formula is C19H24F2IN5O3. The fourth-order valence-corrected chi connectivity index (χ4v) is 2.40. The van der Waals surface area contributed by atoms with Crippen LogP contribution in [-0.2, 0) is 11.3 Å². The summed E-state index contributed by atoms with van der Waals surface area (Å²) in [6.07, 6.45) is 3.13. The molecule has 3 N–H and O–H groups in total. The van der Waals surface area contributed by atoms with E-state index in [4.69, 9.17) is 4.74 Å². The van der Waals surface area contributed by atoms with Crippen LogP contribution in [0.5, 0.6) is 11.5 Å². The van der Waals surface area contributed by atoms with Crippen LogP contribution in [-0.4, -0.2) is 43.7 Å². The summed E-state index contributed by atoms with van der Waals surface area (Å²) in [5.41, 5.74) is 1.03. The molecule has 2 rings (SSSR count). The van der Waals surface area contributed by atoms with Crippen molar-refractivity contribution in [1.82, 2.24) is 15.6 Å². The van der Waals surface area contributed by atoms with Crippen molar-refractivity contribution in [2.75, 3.05) is 25.5 Å². The molecule has 0 spiro atoms. The number of benzene rings is 1. The van der Waals surface area contributed by atoms with E-state index in [2.05, 4.69) is 30.7 Å². The van der Waals surface area contributed by atoms with Gasteiger partial charge in [-0.3, -0.25) is 14.8 Å². The van der Waals surface area contributed by atoms with Crippen LogP contribution in [0.1, 0.15) is 12.5 Å². The molecular weight excluding hydrogens is 511 g/mol. The van der Waals surface area contributed by atoms with E-state index in [-0.39, 0.29) is 54.5 Å². The Morgan fingerprint density at radius 1 is 1.23 bits per heavy atom. The van der Waals surface area contributed by atoms with Gasteiger partial charge in [0, 0.05) is 25.4 Å². The SMILES string of the molecule is CCOc1cccc(CNC(=NC)NCC(=O)Nc2cccnc2)c1OC(F)F.I. The molecule has 0 fully saturated rings. The van der Waals surface area contributed by atoms with Crippen LogP contribution in [0.4, 0.5) is 14.5 Å². The molecule has 1 heterocycles. The molecule has 164 valence electrons. The molecule has 1 aromatic carbocycles. The first-order valence-corrected chi connectivity index (χ1v) is 8.87. The molecule has 30 heavy (non-hydrogen) atoms. The highest BCUT2D eigenvalue weighted by Crippen LogP contribution is 2.32. The fraction of sp³-hybridized carbons (Fsp3) is 0.316. The Morgan fingerprint density at radius 2 is 2.03 bits per heavy atom. The van der Waals surface area contributed by atoms with Crippen molar-refractivity contribution in [3.8, 4) is 11.5 Å². The summed E-state index contributed by atoms with van der Waals surface area (Å²) in [5, 5.41) is 8.48. The second-order valence-electron chi connectivity index (χ2n) is 5.63. The maximum atomic E-state index is 12.8. The average molecular weight is 535 g/mol. The molecule has 2 aromatic rings. The van der Waals surface area contributed by atoms with Gasteiger partial charge >= 0.3 is 6.61 Å². The maximum absolute atomic E-state index is 12.8. The van der Waals surface area contributed by atoms with Gasteiger partial charge in [-0.1, -0.05) is 12.1 Å². The number of aliphatic imine (C=N–C) groups is 1. The summed E-state index contributed by atoms with van der Waals surface area (Å²) in [6, 6.07) is 8.29. The molecule has 0 aliphatic rings. The minimum absolute atomic E-state index is 0. The lowest BCUT2D eigenvalue weighted by Crippen LogP contribution is -2.41. The number of rotatable bonds is 9. The Balaban J connectivity index is 0.00000450. The van der Waals surface area contributed by atoms with Gasteiger partial charge in [0.2, 0.25) is 5.91 Å². The van der Waals surface area contributed by atoms with Crippen molar-refractivity contribution in [3.63, 3.8) is 0 Å². The van der Waals surface area contributed by atoms with Crippen LogP contribution in [0.15, 0.2) is 47.7 Å². The number of carbonyl (C=O) groups is 1. The lowest BCUT2D eigenvalue weighted by molar-refractivity contribution is -0.115. The predicted octanol–water partition coefficient (Wildman–Crippen LogP) is 3.00. The molecule has 0 bridgehead atoms. The normalized spacial score (nSPS) is 10.8. The van der Waals surface area contributed by atoms with Crippen molar-refractivity contribution in [3.05, 3.63) is 48.3 Å². The van der Waals surface area contributed by atoms with Crippen molar-refractivity contribution >= 4 is 41.5 Å². The minimum atomic E-state index is -2.98. The second-order valence-corrected chi connectivity index (χ2v) is 5.63. The fourth-order valence-electron chi connectivity index (χ4n) is 2.40. The minimum Gasteiger partial charge on any atom is -0.490 e. The van der Waals surface area contributed by atoms with Crippen molar-refractivity contribution < 1.29 is 23.0 Å².